The minimum atomic E-state index is -0.570. The predicted octanol–water partition coefficient (Wildman–Crippen LogP) is 8.02. The number of carbonyl (C=O) groups excluding carboxylic acids is 1. The Morgan fingerprint density at radius 3 is 2.21 bits per heavy atom. The monoisotopic (exact) mass is 570 g/mol. The number of quaternary nitrogens is 1. The number of likely N-dealkylation sites (N-methyl/N-ethyl adjacent to an activating group) is 1. The van der Waals surface area contributed by atoms with Crippen molar-refractivity contribution in [1.82, 2.24) is 8.75 Å². The lowest BCUT2D eigenvalue weighted by Gasteiger charge is -2.42. The molecule has 2 rings (SSSR count). The van der Waals surface area contributed by atoms with E-state index in [0.29, 0.717) is 17.0 Å². The van der Waals surface area contributed by atoms with Crippen LogP contribution in [0.15, 0.2) is 6.08 Å². The molecule has 2 heterocycles. The number of aromatic nitrogens is 2. The average molecular weight is 571 g/mol. The average Bonchev–Trinajstić information content (AvgIpc) is 3.36. The van der Waals surface area contributed by atoms with Crippen molar-refractivity contribution < 1.29 is 28.2 Å². The Hall–Kier alpha value is -1.71. The summed E-state index contributed by atoms with van der Waals surface area (Å²) in [6, 6.07) is 0. The Morgan fingerprint density at radius 2 is 1.56 bits per heavy atom. The van der Waals surface area contributed by atoms with Gasteiger partial charge in [0.05, 0.1) is 38.0 Å². The van der Waals surface area contributed by atoms with Crippen molar-refractivity contribution in [1.29, 1.82) is 0 Å². The molecule has 2 unspecified atom stereocenters. The molecular formula is C30H56N3O5S+. The van der Waals surface area contributed by atoms with Crippen LogP contribution < -0.4 is 4.74 Å². The largest absolute Gasteiger partial charge is 0.513 e. The predicted molar refractivity (Wildman–Crippen MR) is 160 cm³/mol. The van der Waals surface area contributed by atoms with Gasteiger partial charge in [0, 0.05) is 32.6 Å². The molecule has 1 aliphatic rings. The Kier molecular flexibility index (Phi) is 19.1. The van der Waals surface area contributed by atoms with E-state index in [-0.39, 0.29) is 12.3 Å². The smallest absolute Gasteiger partial charge is 0.475 e. The summed E-state index contributed by atoms with van der Waals surface area (Å²) in [6.07, 6.45) is 16.2. The molecule has 1 aliphatic heterocycles. The molecule has 0 spiro atoms. The zero-order chi connectivity index (χ0) is 28.9. The highest BCUT2D eigenvalue weighted by Gasteiger charge is 2.39. The highest BCUT2D eigenvalue weighted by atomic mass is 32.1. The molecule has 0 N–H and O–H groups in total. The number of unbranched alkanes of at least 4 members (excludes halogenated alkanes) is 9. The second-order valence-corrected chi connectivity index (χ2v) is 11.5. The topological polar surface area (TPSA) is 79.8 Å². The second-order valence-electron chi connectivity index (χ2n) is 11.0. The maximum absolute atomic E-state index is 12.5. The molecule has 0 radical (unpaired) electrons. The van der Waals surface area contributed by atoms with Gasteiger partial charge >= 0.3 is 6.16 Å². The second kappa shape index (κ2) is 21.1. The summed E-state index contributed by atoms with van der Waals surface area (Å²) < 4.78 is 31.2. The van der Waals surface area contributed by atoms with Gasteiger partial charge in [0.25, 0.3) is 5.88 Å². The van der Waals surface area contributed by atoms with Gasteiger partial charge in [-0.05, 0) is 26.7 Å². The van der Waals surface area contributed by atoms with E-state index in [1.807, 2.05) is 13.8 Å². The number of hydrogen-bond acceptors (Lipinski definition) is 8. The Balaban J connectivity index is 0.00000242. The lowest BCUT2D eigenvalue weighted by Crippen LogP contribution is -2.56. The van der Waals surface area contributed by atoms with Crippen LogP contribution in [0.2, 0.25) is 0 Å². The summed E-state index contributed by atoms with van der Waals surface area (Å²) in [5.74, 6) is 0.639. The SMILES string of the molecule is CCCCCCCCCC(OC(=O)OC(C)C)[N+]1(C)CCC=C(c2nsnc2OCCCCCC)C1.COC. The number of hydrogen-bond donors (Lipinski definition) is 0. The van der Waals surface area contributed by atoms with Crippen molar-refractivity contribution in [2.45, 2.75) is 123 Å². The summed E-state index contributed by atoms with van der Waals surface area (Å²) in [5.41, 5.74) is 1.98. The van der Waals surface area contributed by atoms with Crippen molar-refractivity contribution in [3.05, 3.63) is 11.8 Å². The molecule has 0 saturated heterocycles. The van der Waals surface area contributed by atoms with Crippen LogP contribution in [0.3, 0.4) is 0 Å². The van der Waals surface area contributed by atoms with Gasteiger partial charge < -0.3 is 18.9 Å². The van der Waals surface area contributed by atoms with Gasteiger partial charge in [-0.15, -0.1) is 4.37 Å². The standard InChI is InChI=1S/C28H50N3O4S.C2H6O/c1-6-8-10-12-13-14-15-19-25(35-28(32)34-23(3)4)31(5)20-17-18-24(22-31)26-27(30-36-29-26)33-21-16-11-9-7-2;1-3-2/h18,23,25H,6-17,19-22H2,1-5H3;1-2H3/q+1;. The van der Waals surface area contributed by atoms with Crippen LogP contribution in [-0.4, -0.2) is 72.7 Å². The number of rotatable bonds is 18. The van der Waals surface area contributed by atoms with Gasteiger partial charge in [0.15, 0.2) is 0 Å². The van der Waals surface area contributed by atoms with E-state index in [4.69, 9.17) is 14.2 Å². The maximum atomic E-state index is 12.5. The fourth-order valence-corrected chi connectivity index (χ4v) is 5.29. The molecule has 8 nitrogen and oxygen atoms in total. The molecule has 0 fully saturated rings. The molecule has 0 aromatic carbocycles. The normalized spacial score (nSPS) is 17.7. The van der Waals surface area contributed by atoms with Crippen molar-refractivity contribution >= 4 is 23.5 Å². The van der Waals surface area contributed by atoms with E-state index in [1.165, 1.54) is 63.1 Å². The molecule has 39 heavy (non-hydrogen) atoms. The van der Waals surface area contributed by atoms with Crippen LogP contribution in [0.5, 0.6) is 5.88 Å². The third-order valence-corrected chi connectivity index (χ3v) is 7.39. The van der Waals surface area contributed by atoms with E-state index < -0.39 is 6.16 Å². The maximum Gasteiger partial charge on any atom is 0.513 e. The number of carbonyl (C=O) groups is 1. The van der Waals surface area contributed by atoms with Crippen LogP contribution in [0, 0.1) is 0 Å². The van der Waals surface area contributed by atoms with Crippen molar-refractivity contribution in [2.24, 2.45) is 0 Å². The zero-order valence-corrected chi connectivity index (χ0v) is 26.7. The molecular weight excluding hydrogens is 514 g/mol. The summed E-state index contributed by atoms with van der Waals surface area (Å²) in [5, 5.41) is 0. The third kappa shape index (κ3) is 14.5. The van der Waals surface area contributed by atoms with Crippen LogP contribution in [-0.2, 0) is 14.2 Å². The molecule has 0 amide bonds. The summed E-state index contributed by atoms with van der Waals surface area (Å²) in [6.45, 7) is 10.5. The van der Waals surface area contributed by atoms with E-state index >= 15 is 0 Å². The lowest BCUT2D eigenvalue weighted by atomic mass is 10.0. The van der Waals surface area contributed by atoms with Gasteiger partial charge in [0.1, 0.15) is 12.2 Å². The number of ether oxygens (including phenoxy) is 4. The Morgan fingerprint density at radius 1 is 0.949 bits per heavy atom. The van der Waals surface area contributed by atoms with Gasteiger partial charge in [-0.1, -0.05) is 77.7 Å². The molecule has 0 bridgehead atoms. The zero-order valence-electron chi connectivity index (χ0n) is 25.8. The van der Waals surface area contributed by atoms with Crippen LogP contribution >= 0.6 is 11.7 Å². The highest BCUT2D eigenvalue weighted by Crippen LogP contribution is 2.33. The van der Waals surface area contributed by atoms with Gasteiger partial charge in [-0.3, -0.25) is 4.48 Å². The molecule has 226 valence electrons. The highest BCUT2D eigenvalue weighted by molar-refractivity contribution is 6.99. The van der Waals surface area contributed by atoms with Crippen molar-refractivity contribution in [3.8, 4) is 5.88 Å². The molecule has 2 atom stereocenters. The van der Waals surface area contributed by atoms with Gasteiger partial charge in [-0.2, -0.15) is 4.37 Å². The van der Waals surface area contributed by atoms with Gasteiger partial charge in [-0.25, -0.2) is 4.79 Å². The summed E-state index contributed by atoms with van der Waals surface area (Å²) in [4.78, 5) is 12.5. The first kappa shape index (κ1) is 35.3. The summed E-state index contributed by atoms with van der Waals surface area (Å²) >= 11 is 1.20. The van der Waals surface area contributed by atoms with Crippen LogP contribution in [0.1, 0.15) is 117 Å². The van der Waals surface area contributed by atoms with E-state index in [1.54, 1.807) is 14.2 Å². The Labute approximate surface area is 242 Å². The number of nitrogens with zero attached hydrogens (tertiary/aromatic N) is 3. The fraction of sp³-hybridized carbons (Fsp3) is 0.833. The molecule has 1 aromatic heterocycles. The minimum Gasteiger partial charge on any atom is -0.475 e. The number of methoxy groups -OCH3 is 1. The molecule has 0 aliphatic carbocycles. The lowest BCUT2D eigenvalue weighted by molar-refractivity contribution is -0.947. The van der Waals surface area contributed by atoms with Crippen molar-refractivity contribution in [3.63, 3.8) is 0 Å². The quantitative estimate of drug-likeness (QED) is 0.100. The van der Waals surface area contributed by atoms with Crippen molar-refractivity contribution in [2.75, 3.05) is 41.0 Å². The first-order valence-corrected chi connectivity index (χ1v) is 15.8. The fourth-order valence-electron chi connectivity index (χ4n) is 4.76. The minimum absolute atomic E-state index is 0.197. The Bertz CT molecular complexity index is 801. The molecule has 9 heteroatoms. The van der Waals surface area contributed by atoms with Gasteiger partial charge in [0.2, 0.25) is 6.23 Å². The van der Waals surface area contributed by atoms with Crippen LogP contribution in [0.4, 0.5) is 4.79 Å². The van der Waals surface area contributed by atoms with E-state index in [2.05, 4.69) is 40.5 Å². The third-order valence-electron chi connectivity index (χ3n) is 6.88. The first-order chi connectivity index (χ1) is 18.8. The first-order valence-electron chi connectivity index (χ1n) is 15.1. The van der Waals surface area contributed by atoms with E-state index in [0.717, 1.165) is 56.5 Å². The van der Waals surface area contributed by atoms with Crippen LogP contribution in [0.25, 0.3) is 5.57 Å². The molecule has 0 saturated carbocycles. The molecule has 1 aromatic rings. The summed E-state index contributed by atoms with van der Waals surface area (Å²) in [7, 11) is 5.44. The van der Waals surface area contributed by atoms with E-state index in [9.17, 15) is 4.79 Å².